The fraction of sp³-hybridized carbons (Fsp3) is 0.400. The number of anilines is 1. The third kappa shape index (κ3) is 3.74. The highest BCUT2D eigenvalue weighted by atomic mass is 32.2. The van der Waals surface area contributed by atoms with Crippen LogP contribution in [0.15, 0.2) is 23.6 Å². The normalized spacial score (nSPS) is 12.6. The van der Waals surface area contributed by atoms with Crippen LogP contribution in [0.5, 0.6) is 0 Å². The summed E-state index contributed by atoms with van der Waals surface area (Å²) < 4.78 is 64.8. The van der Waals surface area contributed by atoms with Crippen LogP contribution in [0.25, 0.3) is 0 Å². The molecule has 0 atom stereocenters. The van der Waals surface area contributed by atoms with Gasteiger partial charge in [-0.15, -0.1) is 0 Å². The molecule has 0 aliphatic heterocycles. The Balaban J connectivity index is 2.18. The quantitative estimate of drug-likeness (QED) is 0.919. The Labute approximate surface area is 118 Å². The second kappa shape index (κ2) is 5.06. The fourth-order valence-electron chi connectivity index (χ4n) is 1.55. The minimum absolute atomic E-state index is 0.0671. The lowest BCUT2D eigenvalue weighted by Crippen LogP contribution is -2.18. The van der Waals surface area contributed by atoms with Crippen LogP contribution in [-0.4, -0.2) is 33.9 Å². The number of sulfonamides is 1. The van der Waals surface area contributed by atoms with Crippen molar-refractivity contribution in [3.05, 3.63) is 24.4 Å². The average molecular weight is 323 g/mol. The van der Waals surface area contributed by atoms with Gasteiger partial charge in [0, 0.05) is 19.4 Å². The van der Waals surface area contributed by atoms with Gasteiger partial charge in [0.1, 0.15) is 12.4 Å². The van der Waals surface area contributed by atoms with Crippen molar-refractivity contribution < 1.29 is 21.6 Å². The molecule has 2 rings (SSSR count). The van der Waals surface area contributed by atoms with Crippen molar-refractivity contribution in [2.24, 2.45) is 7.05 Å². The van der Waals surface area contributed by atoms with Gasteiger partial charge in [0.25, 0.3) is 10.0 Å². The van der Waals surface area contributed by atoms with E-state index in [4.69, 9.17) is 0 Å². The molecule has 116 valence electrons. The highest BCUT2D eigenvalue weighted by molar-refractivity contribution is 7.92. The molecule has 0 fully saturated rings. The van der Waals surface area contributed by atoms with Crippen LogP contribution in [0.2, 0.25) is 0 Å². The SMILES string of the molecule is Cc1nc(S(=O)(=O)Nc2cnn(CC(F)(F)F)c2)cn1C. The van der Waals surface area contributed by atoms with Crippen molar-refractivity contribution >= 4 is 15.7 Å². The molecular weight excluding hydrogens is 311 g/mol. The largest absolute Gasteiger partial charge is 0.408 e. The van der Waals surface area contributed by atoms with Gasteiger partial charge in [0.2, 0.25) is 0 Å². The summed E-state index contributed by atoms with van der Waals surface area (Å²) in [5.41, 5.74) is -0.0671. The van der Waals surface area contributed by atoms with Gasteiger partial charge in [0.05, 0.1) is 11.9 Å². The summed E-state index contributed by atoms with van der Waals surface area (Å²) in [7, 11) is -2.33. The summed E-state index contributed by atoms with van der Waals surface area (Å²) in [6.07, 6.45) is -1.17. The molecule has 21 heavy (non-hydrogen) atoms. The highest BCUT2D eigenvalue weighted by Crippen LogP contribution is 2.19. The molecule has 0 unspecified atom stereocenters. The summed E-state index contributed by atoms with van der Waals surface area (Å²) in [6, 6.07) is 0. The zero-order valence-electron chi connectivity index (χ0n) is 11.1. The molecule has 11 heteroatoms. The van der Waals surface area contributed by atoms with E-state index in [0.717, 1.165) is 12.4 Å². The lowest BCUT2D eigenvalue weighted by molar-refractivity contribution is -0.142. The van der Waals surface area contributed by atoms with Crippen LogP contribution in [0.1, 0.15) is 5.82 Å². The Morgan fingerprint density at radius 3 is 2.52 bits per heavy atom. The number of hydrogen-bond acceptors (Lipinski definition) is 4. The highest BCUT2D eigenvalue weighted by Gasteiger charge is 2.28. The van der Waals surface area contributed by atoms with E-state index in [1.54, 1.807) is 14.0 Å². The van der Waals surface area contributed by atoms with Gasteiger partial charge in [-0.2, -0.15) is 26.7 Å². The first-order valence-electron chi connectivity index (χ1n) is 5.69. The predicted molar refractivity (Wildman–Crippen MR) is 67.0 cm³/mol. The first-order chi connectivity index (χ1) is 9.57. The maximum Gasteiger partial charge on any atom is 0.408 e. The van der Waals surface area contributed by atoms with Crippen LogP contribution in [0, 0.1) is 6.92 Å². The van der Waals surface area contributed by atoms with Gasteiger partial charge < -0.3 is 4.57 Å². The van der Waals surface area contributed by atoms with E-state index in [-0.39, 0.29) is 10.7 Å². The number of aromatic nitrogens is 4. The topological polar surface area (TPSA) is 81.8 Å². The fourth-order valence-corrected chi connectivity index (χ4v) is 2.62. The maximum atomic E-state index is 12.2. The van der Waals surface area contributed by atoms with Crippen LogP contribution >= 0.6 is 0 Å². The van der Waals surface area contributed by atoms with Crippen molar-refractivity contribution in [2.45, 2.75) is 24.7 Å². The van der Waals surface area contributed by atoms with Crippen LogP contribution in [0.3, 0.4) is 0 Å². The van der Waals surface area contributed by atoms with E-state index >= 15 is 0 Å². The zero-order chi connectivity index (χ0) is 15.8. The van der Waals surface area contributed by atoms with E-state index in [1.807, 2.05) is 0 Å². The summed E-state index contributed by atoms with van der Waals surface area (Å²) in [5, 5.41) is 3.23. The first kappa shape index (κ1) is 15.4. The zero-order valence-corrected chi connectivity index (χ0v) is 11.9. The number of nitrogens with one attached hydrogen (secondary N) is 1. The predicted octanol–water partition coefficient (Wildman–Crippen LogP) is 1.29. The van der Waals surface area contributed by atoms with E-state index in [9.17, 15) is 21.6 Å². The Morgan fingerprint density at radius 1 is 1.33 bits per heavy atom. The maximum absolute atomic E-state index is 12.2. The van der Waals surface area contributed by atoms with E-state index in [2.05, 4.69) is 14.8 Å². The Morgan fingerprint density at radius 2 is 2.00 bits per heavy atom. The van der Waals surface area contributed by atoms with Crippen molar-refractivity contribution in [2.75, 3.05) is 4.72 Å². The van der Waals surface area contributed by atoms with Crippen LogP contribution < -0.4 is 4.72 Å². The van der Waals surface area contributed by atoms with Crippen LogP contribution in [-0.2, 0) is 23.6 Å². The molecule has 0 saturated heterocycles. The van der Waals surface area contributed by atoms with Crippen molar-refractivity contribution in [3.63, 3.8) is 0 Å². The molecule has 2 aromatic heterocycles. The standard InChI is InChI=1S/C10H12F3N5O2S/c1-7-15-9(5-17(7)2)21(19,20)16-8-3-14-18(4-8)6-10(11,12)13/h3-5,16H,6H2,1-2H3. The van der Waals surface area contributed by atoms with E-state index < -0.39 is 22.7 Å². The van der Waals surface area contributed by atoms with E-state index in [1.165, 1.54) is 10.8 Å². The number of aryl methyl sites for hydroxylation is 2. The second-order valence-corrected chi connectivity index (χ2v) is 6.01. The molecule has 0 amide bonds. The molecule has 0 saturated carbocycles. The lowest BCUT2D eigenvalue weighted by Gasteiger charge is -2.05. The molecule has 1 N–H and O–H groups in total. The number of alkyl halides is 3. The van der Waals surface area contributed by atoms with Gasteiger partial charge >= 0.3 is 6.18 Å². The minimum atomic E-state index is -4.43. The lowest BCUT2D eigenvalue weighted by atomic mass is 10.6. The molecule has 0 bridgehead atoms. The molecular formula is C10H12F3N5O2S. The second-order valence-electron chi connectivity index (χ2n) is 4.38. The average Bonchev–Trinajstić information content (AvgIpc) is 2.85. The van der Waals surface area contributed by atoms with E-state index in [0.29, 0.717) is 10.5 Å². The molecule has 0 spiro atoms. The molecule has 0 aliphatic carbocycles. The third-order valence-corrected chi connectivity index (χ3v) is 3.84. The molecule has 0 aromatic carbocycles. The smallest absolute Gasteiger partial charge is 0.337 e. The molecule has 2 heterocycles. The summed E-state index contributed by atoms with van der Waals surface area (Å²) >= 11 is 0. The van der Waals surface area contributed by atoms with Gasteiger partial charge in [-0.3, -0.25) is 9.40 Å². The van der Waals surface area contributed by atoms with Crippen molar-refractivity contribution in [1.82, 2.24) is 19.3 Å². The number of nitrogens with zero attached hydrogens (tertiary/aromatic N) is 4. The summed E-state index contributed by atoms with van der Waals surface area (Å²) in [5.74, 6) is 0.489. The van der Waals surface area contributed by atoms with Gasteiger partial charge in [-0.05, 0) is 6.92 Å². The number of rotatable bonds is 4. The third-order valence-electron chi connectivity index (χ3n) is 2.59. The Bertz CT molecular complexity index is 728. The van der Waals surface area contributed by atoms with Crippen molar-refractivity contribution in [1.29, 1.82) is 0 Å². The van der Waals surface area contributed by atoms with Crippen molar-refractivity contribution in [3.8, 4) is 0 Å². The Hall–Kier alpha value is -2.04. The first-order valence-corrected chi connectivity index (χ1v) is 7.17. The number of halogens is 3. The van der Waals surface area contributed by atoms with Gasteiger partial charge in [-0.25, -0.2) is 4.98 Å². The van der Waals surface area contributed by atoms with Crippen LogP contribution in [0.4, 0.5) is 18.9 Å². The molecule has 2 aromatic rings. The summed E-state index contributed by atoms with van der Waals surface area (Å²) in [4.78, 5) is 3.85. The number of imidazole rings is 1. The monoisotopic (exact) mass is 323 g/mol. The van der Waals surface area contributed by atoms with Gasteiger partial charge in [0.15, 0.2) is 5.03 Å². The summed E-state index contributed by atoms with van der Waals surface area (Å²) in [6.45, 7) is 0.331. The minimum Gasteiger partial charge on any atom is -0.337 e. The Kier molecular flexibility index (Phi) is 3.70. The number of hydrogen-bond donors (Lipinski definition) is 1. The molecule has 0 radical (unpaired) electrons. The van der Waals surface area contributed by atoms with Gasteiger partial charge in [-0.1, -0.05) is 0 Å². The molecule has 0 aliphatic rings. The molecule has 7 nitrogen and oxygen atoms in total.